The standard InChI is InChI=1S/C22H28ClN3O4S/c1-16(22(27)24-15-17-4-3-5-20(14-17)30-2)26-12-10-19(11-13-26)25-31(28,29)21-8-6-18(23)7-9-21/h3-9,14,16,19,25H,10-13,15H2,1-2H3,(H,24,27). The van der Waals surface area contributed by atoms with Crippen LogP contribution in [0.4, 0.5) is 0 Å². The van der Waals surface area contributed by atoms with Crippen LogP contribution >= 0.6 is 11.6 Å². The minimum Gasteiger partial charge on any atom is -0.497 e. The van der Waals surface area contributed by atoms with Crippen molar-refractivity contribution in [2.45, 2.75) is 43.3 Å². The molecule has 0 radical (unpaired) electrons. The van der Waals surface area contributed by atoms with Gasteiger partial charge in [-0.3, -0.25) is 9.69 Å². The molecule has 1 amide bonds. The normalized spacial score (nSPS) is 16.6. The Morgan fingerprint density at radius 2 is 1.87 bits per heavy atom. The van der Waals surface area contributed by atoms with Gasteiger partial charge >= 0.3 is 0 Å². The molecule has 0 aliphatic carbocycles. The van der Waals surface area contributed by atoms with E-state index in [1.165, 1.54) is 12.1 Å². The fraction of sp³-hybridized carbons (Fsp3) is 0.409. The zero-order valence-electron chi connectivity index (χ0n) is 17.7. The number of nitrogens with zero attached hydrogens (tertiary/aromatic N) is 1. The van der Waals surface area contributed by atoms with Crippen LogP contribution in [0.1, 0.15) is 25.3 Å². The Morgan fingerprint density at radius 1 is 1.19 bits per heavy atom. The monoisotopic (exact) mass is 465 g/mol. The number of carbonyl (C=O) groups is 1. The number of amides is 1. The molecule has 0 aromatic heterocycles. The molecule has 1 heterocycles. The molecule has 1 fully saturated rings. The average Bonchev–Trinajstić information content (AvgIpc) is 2.77. The summed E-state index contributed by atoms with van der Waals surface area (Å²) in [6.45, 7) is 3.58. The Kier molecular flexibility index (Phi) is 7.94. The number of halogens is 1. The van der Waals surface area contributed by atoms with Crippen LogP contribution in [0, 0.1) is 0 Å². The number of rotatable bonds is 8. The molecule has 7 nitrogen and oxygen atoms in total. The van der Waals surface area contributed by atoms with E-state index in [0.717, 1.165) is 11.3 Å². The van der Waals surface area contributed by atoms with Crippen LogP contribution in [0.15, 0.2) is 53.4 Å². The minimum atomic E-state index is -3.59. The van der Waals surface area contributed by atoms with E-state index in [2.05, 4.69) is 14.9 Å². The third-order valence-corrected chi connectivity index (χ3v) is 7.29. The summed E-state index contributed by atoms with van der Waals surface area (Å²) in [5, 5.41) is 3.46. The largest absolute Gasteiger partial charge is 0.497 e. The van der Waals surface area contributed by atoms with Gasteiger partial charge in [0.15, 0.2) is 0 Å². The molecule has 1 unspecified atom stereocenters. The van der Waals surface area contributed by atoms with Gasteiger partial charge in [-0.1, -0.05) is 23.7 Å². The van der Waals surface area contributed by atoms with E-state index >= 15 is 0 Å². The maximum Gasteiger partial charge on any atom is 0.240 e. The number of piperidine rings is 1. The van der Waals surface area contributed by atoms with Gasteiger partial charge in [0.1, 0.15) is 5.75 Å². The summed E-state index contributed by atoms with van der Waals surface area (Å²) in [6, 6.07) is 13.2. The van der Waals surface area contributed by atoms with Crippen molar-refractivity contribution >= 4 is 27.5 Å². The Bertz CT molecular complexity index is 990. The highest BCUT2D eigenvalue weighted by atomic mass is 35.5. The first-order chi connectivity index (χ1) is 14.8. The van der Waals surface area contributed by atoms with Crippen molar-refractivity contribution in [2.24, 2.45) is 0 Å². The molecular weight excluding hydrogens is 438 g/mol. The van der Waals surface area contributed by atoms with E-state index in [1.807, 2.05) is 31.2 Å². The zero-order chi connectivity index (χ0) is 22.4. The van der Waals surface area contributed by atoms with Crippen molar-refractivity contribution in [3.63, 3.8) is 0 Å². The SMILES string of the molecule is COc1cccc(CNC(=O)C(C)N2CCC(NS(=O)(=O)c3ccc(Cl)cc3)CC2)c1. The number of ether oxygens (including phenoxy) is 1. The van der Waals surface area contributed by atoms with Gasteiger partial charge in [0.2, 0.25) is 15.9 Å². The molecule has 2 aromatic rings. The number of methoxy groups -OCH3 is 1. The van der Waals surface area contributed by atoms with Gasteiger partial charge in [-0.15, -0.1) is 0 Å². The summed E-state index contributed by atoms with van der Waals surface area (Å²) in [6.07, 6.45) is 1.28. The Hall–Kier alpha value is -2.13. The lowest BCUT2D eigenvalue weighted by Gasteiger charge is -2.35. The second kappa shape index (κ2) is 10.5. The maximum absolute atomic E-state index is 12.6. The molecule has 0 bridgehead atoms. The summed E-state index contributed by atoms with van der Waals surface area (Å²) in [4.78, 5) is 14.9. The predicted octanol–water partition coefficient (Wildman–Crippen LogP) is 2.80. The topological polar surface area (TPSA) is 87.7 Å². The molecule has 1 atom stereocenters. The second-order valence-electron chi connectivity index (χ2n) is 7.63. The summed E-state index contributed by atoms with van der Waals surface area (Å²) in [5.74, 6) is 0.700. The van der Waals surface area contributed by atoms with Crippen molar-refractivity contribution in [2.75, 3.05) is 20.2 Å². The van der Waals surface area contributed by atoms with Crippen LogP contribution in [0.2, 0.25) is 5.02 Å². The van der Waals surface area contributed by atoms with Crippen molar-refractivity contribution < 1.29 is 17.9 Å². The lowest BCUT2D eigenvalue weighted by Crippen LogP contribution is -2.51. The van der Waals surface area contributed by atoms with Crippen molar-refractivity contribution in [1.29, 1.82) is 0 Å². The third kappa shape index (κ3) is 6.43. The molecule has 1 saturated heterocycles. The first-order valence-electron chi connectivity index (χ1n) is 10.2. The van der Waals surface area contributed by atoms with Crippen molar-refractivity contribution in [3.8, 4) is 5.75 Å². The van der Waals surface area contributed by atoms with Crippen LogP contribution in [0.25, 0.3) is 0 Å². The van der Waals surface area contributed by atoms with Crippen LogP contribution in [-0.2, 0) is 21.4 Å². The molecule has 168 valence electrons. The summed E-state index contributed by atoms with van der Waals surface area (Å²) >= 11 is 5.84. The molecule has 0 spiro atoms. The van der Waals surface area contributed by atoms with Gasteiger partial charge in [-0.2, -0.15) is 0 Å². The van der Waals surface area contributed by atoms with Gasteiger partial charge in [-0.05, 0) is 61.7 Å². The number of hydrogen-bond acceptors (Lipinski definition) is 5. The number of nitrogens with one attached hydrogen (secondary N) is 2. The highest BCUT2D eigenvalue weighted by Crippen LogP contribution is 2.19. The van der Waals surface area contributed by atoms with E-state index in [1.54, 1.807) is 19.2 Å². The second-order valence-corrected chi connectivity index (χ2v) is 9.78. The molecule has 1 aliphatic heterocycles. The van der Waals surface area contributed by atoms with E-state index < -0.39 is 10.0 Å². The molecule has 31 heavy (non-hydrogen) atoms. The highest BCUT2D eigenvalue weighted by molar-refractivity contribution is 7.89. The summed E-state index contributed by atoms with van der Waals surface area (Å²) < 4.78 is 33.1. The minimum absolute atomic E-state index is 0.0528. The molecule has 0 saturated carbocycles. The van der Waals surface area contributed by atoms with Crippen LogP contribution in [0.5, 0.6) is 5.75 Å². The first-order valence-corrected chi connectivity index (χ1v) is 12.1. The van der Waals surface area contributed by atoms with Gasteiger partial charge in [-0.25, -0.2) is 13.1 Å². The summed E-state index contributed by atoms with van der Waals surface area (Å²) in [5.41, 5.74) is 0.968. The van der Waals surface area contributed by atoms with Gasteiger partial charge < -0.3 is 10.1 Å². The molecule has 9 heteroatoms. The highest BCUT2D eigenvalue weighted by Gasteiger charge is 2.29. The van der Waals surface area contributed by atoms with E-state index in [4.69, 9.17) is 16.3 Å². The van der Waals surface area contributed by atoms with Crippen LogP contribution in [0.3, 0.4) is 0 Å². The zero-order valence-corrected chi connectivity index (χ0v) is 19.2. The maximum atomic E-state index is 12.6. The average molecular weight is 466 g/mol. The summed E-state index contributed by atoms with van der Waals surface area (Å²) in [7, 11) is -1.98. The Labute approximate surface area is 188 Å². The molecular formula is C22H28ClN3O4S. The lowest BCUT2D eigenvalue weighted by atomic mass is 10.0. The van der Waals surface area contributed by atoms with E-state index in [9.17, 15) is 13.2 Å². The number of likely N-dealkylation sites (tertiary alicyclic amines) is 1. The molecule has 1 aliphatic rings. The first kappa shape index (κ1) is 23.5. The third-order valence-electron chi connectivity index (χ3n) is 5.50. The number of carbonyl (C=O) groups excluding carboxylic acids is 1. The van der Waals surface area contributed by atoms with Crippen molar-refractivity contribution in [3.05, 3.63) is 59.1 Å². The fourth-order valence-corrected chi connectivity index (χ4v) is 5.02. The van der Waals surface area contributed by atoms with E-state index in [0.29, 0.717) is 37.5 Å². The Balaban J connectivity index is 1.48. The lowest BCUT2D eigenvalue weighted by molar-refractivity contribution is -0.126. The molecule has 2 aromatic carbocycles. The molecule has 2 N–H and O–H groups in total. The smallest absolute Gasteiger partial charge is 0.240 e. The number of sulfonamides is 1. The number of benzene rings is 2. The molecule has 3 rings (SSSR count). The predicted molar refractivity (Wildman–Crippen MR) is 121 cm³/mol. The Morgan fingerprint density at radius 3 is 2.52 bits per heavy atom. The van der Waals surface area contributed by atoms with E-state index in [-0.39, 0.29) is 22.9 Å². The van der Waals surface area contributed by atoms with Gasteiger partial charge in [0.05, 0.1) is 18.0 Å². The number of hydrogen-bond donors (Lipinski definition) is 2. The fourth-order valence-electron chi connectivity index (χ4n) is 3.59. The van der Waals surface area contributed by atoms with Crippen LogP contribution in [-0.4, -0.2) is 51.5 Å². The van der Waals surface area contributed by atoms with Gasteiger partial charge in [0, 0.05) is 30.7 Å². The quantitative estimate of drug-likeness (QED) is 0.626. The van der Waals surface area contributed by atoms with Crippen molar-refractivity contribution in [1.82, 2.24) is 14.9 Å². The van der Waals surface area contributed by atoms with Gasteiger partial charge in [0.25, 0.3) is 0 Å². The van der Waals surface area contributed by atoms with Crippen LogP contribution < -0.4 is 14.8 Å².